The lowest BCUT2D eigenvalue weighted by molar-refractivity contribution is -0.103. The van der Waals surface area contributed by atoms with Gasteiger partial charge in [0.05, 0.1) is 21.2 Å². The van der Waals surface area contributed by atoms with Crippen molar-refractivity contribution in [3.8, 4) is 0 Å². The van der Waals surface area contributed by atoms with E-state index in [0.717, 1.165) is 52.3 Å². The molecule has 6 heteroatoms. The van der Waals surface area contributed by atoms with Gasteiger partial charge in [-0.2, -0.15) is 0 Å². The standard InChI is InChI=1S/C24H30N2O2S2/c1-15-3-5-21(29-15)19(25-27)12-23-8-17-7-18(9-23)11-24(10-17,14-23)13-20(26-28)22-6-4-16(2)30-22/h3-6,17-18,27-28H,7-14H2,1-2H3/b25-19-,26-20+. The third-order valence-electron chi connectivity index (χ3n) is 7.68. The van der Waals surface area contributed by atoms with Crippen molar-refractivity contribution in [1.29, 1.82) is 0 Å². The Morgan fingerprint density at radius 3 is 1.60 bits per heavy atom. The van der Waals surface area contributed by atoms with Crippen LogP contribution in [0, 0.1) is 36.5 Å². The van der Waals surface area contributed by atoms with Crippen LogP contribution in [0.3, 0.4) is 0 Å². The van der Waals surface area contributed by atoms with Crippen molar-refractivity contribution in [3.63, 3.8) is 0 Å². The molecule has 30 heavy (non-hydrogen) atoms. The molecule has 4 fully saturated rings. The van der Waals surface area contributed by atoms with Gasteiger partial charge in [0.15, 0.2) is 0 Å². The number of thiophene rings is 2. The first-order valence-corrected chi connectivity index (χ1v) is 12.6. The van der Waals surface area contributed by atoms with Crippen LogP contribution in [0.4, 0.5) is 0 Å². The van der Waals surface area contributed by atoms with Crippen molar-refractivity contribution < 1.29 is 10.4 Å². The number of nitrogens with zero attached hydrogens (tertiary/aromatic N) is 2. The van der Waals surface area contributed by atoms with Crippen LogP contribution in [0.1, 0.15) is 70.9 Å². The Morgan fingerprint density at radius 1 is 0.833 bits per heavy atom. The molecule has 2 N–H and O–H groups in total. The van der Waals surface area contributed by atoms with E-state index in [0.29, 0.717) is 0 Å². The van der Waals surface area contributed by atoms with E-state index >= 15 is 0 Å². The van der Waals surface area contributed by atoms with Gasteiger partial charge < -0.3 is 10.4 Å². The molecule has 4 saturated carbocycles. The molecule has 2 atom stereocenters. The van der Waals surface area contributed by atoms with Crippen molar-refractivity contribution in [2.24, 2.45) is 33.0 Å². The minimum Gasteiger partial charge on any atom is -0.411 e. The molecule has 0 amide bonds. The highest BCUT2D eigenvalue weighted by Crippen LogP contribution is 2.67. The van der Waals surface area contributed by atoms with Crippen LogP contribution in [0.2, 0.25) is 0 Å². The second kappa shape index (κ2) is 7.49. The quantitative estimate of drug-likeness (QED) is 0.292. The average molecular weight is 443 g/mol. The van der Waals surface area contributed by atoms with E-state index in [4.69, 9.17) is 0 Å². The molecule has 4 nitrogen and oxygen atoms in total. The molecule has 2 aromatic heterocycles. The number of rotatable bonds is 6. The topological polar surface area (TPSA) is 65.2 Å². The van der Waals surface area contributed by atoms with Crippen molar-refractivity contribution in [2.45, 2.75) is 65.2 Å². The van der Waals surface area contributed by atoms with Crippen LogP contribution < -0.4 is 0 Å². The van der Waals surface area contributed by atoms with Gasteiger partial charge in [-0.3, -0.25) is 0 Å². The molecule has 2 heterocycles. The Balaban J connectivity index is 1.42. The molecule has 2 unspecified atom stereocenters. The Hall–Kier alpha value is -1.66. The van der Waals surface area contributed by atoms with Crippen LogP contribution >= 0.6 is 22.7 Å². The van der Waals surface area contributed by atoms with E-state index in [1.807, 2.05) is 0 Å². The highest BCUT2D eigenvalue weighted by atomic mass is 32.1. The van der Waals surface area contributed by atoms with Gasteiger partial charge in [0.2, 0.25) is 0 Å². The summed E-state index contributed by atoms with van der Waals surface area (Å²) in [6.45, 7) is 4.20. The smallest absolute Gasteiger partial charge is 0.0972 e. The molecule has 0 aromatic carbocycles. The SMILES string of the molecule is Cc1ccc(/C(CC23CC4CC(C2)CC(C/C(=N\O)c2ccc(C)s2)(C4)C3)=N\O)s1. The Morgan fingerprint density at radius 2 is 1.27 bits per heavy atom. The van der Waals surface area contributed by atoms with Crippen LogP contribution in [-0.2, 0) is 0 Å². The van der Waals surface area contributed by atoms with E-state index in [9.17, 15) is 10.4 Å². The van der Waals surface area contributed by atoms with E-state index in [1.165, 1.54) is 41.9 Å². The third-order valence-corrected chi connectivity index (χ3v) is 9.78. The van der Waals surface area contributed by atoms with E-state index in [1.54, 1.807) is 22.7 Å². The molecule has 0 radical (unpaired) electrons. The Kier molecular flexibility index (Phi) is 5.05. The summed E-state index contributed by atoms with van der Waals surface area (Å²) in [5, 5.41) is 27.2. The molecule has 0 aliphatic heterocycles. The van der Waals surface area contributed by atoms with E-state index in [2.05, 4.69) is 48.4 Å². The van der Waals surface area contributed by atoms with E-state index < -0.39 is 0 Å². The zero-order chi connectivity index (χ0) is 20.9. The van der Waals surface area contributed by atoms with Crippen LogP contribution in [0.5, 0.6) is 0 Å². The number of aryl methyl sites for hydroxylation is 2. The number of hydrogen-bond acceptors (Lipinski definition) is 6. The van der Waals surface area contributed by atoms with Gasteiger partial charge in [0.1, 0.15) is 0 Å². The summed E-state index contributed by atoms with van der Waals surface area (Å²) in [7, 11) is 0. The average Bonchev–Trinajstić information content (AvgIpc) is 3.31. The van der Waals surface area contributed by atoms with Gasteiger partial charge in [0.25, 0.3) is 0 Å². The second-order valence-electron chi connectivity index (χ2n) is 10.2. The molecule has 4 aliphatic carbocycles. The second-order valence-corrected chi connectivity index (χ2v) is 12.8. The fraction of sp³-hybridized carbons (Fsp3) is 0.583. The predicted molar refractivity (Wildman–Crippen MR) is 124 cm³/mol. The summed E-state index contributed by atoms with van der Waals surface area (Å²) in [6, 6.07) is 8.42. The fourth-order valence-corrected chi connectivity index (χ4v) is 9.00. The van der Waals surface area contributed by atoms with Crippen LogP contribution in [-0.4, -0.2) is 21.8 Å². The minimum absolute atomic E-state index is 0.218. The first kappa shape index (κ1) is 20.3. The van der Waals surface area contributed by atoms with Crippen LogP contribution in [0.15, 0.2) is 34.6 Å². The van der Waals surface area contributed by atoms with Gasteiger partial charge >= 0.3 is 0 Å². The third kappa shape index (κ3) is 3.62. The lowest BCUT2D eigenvalue weighted by atomic mass is 9.42. The number of hydrogen-bond donors (Lipinski definition) is 2. The first-order valence-electron chi connectivity index (χ1n) is 11.0. The van der Waals surface area contributed by atoms with Gasteiger partial charge in [-0.15, -0.1) is 22.7 Å². The molecule has 6 rings (SSSR count). The predicted octanol–water partition coefficient (Wildman–Crippen LogP) is 6.85. The summed E-state index contributed by atoms with van der Waals surface area (Å²) in [4.78, 5) is 4.71. The van der Waals surface area contributed by atoms with Gasteiger partial charge in [-0.1, -0.05) is 10.3 Å². The largest absolute Gasteiger partial charge is 0.411 e. The molecular formula is C24H30N2O2S2. The zero-order valence-electron chi connectivity index (χ0n) is 17.7. The molecule has 4 aliphatic rings. The van der Waals surface area contributed by atoms with Crippen molar-refractivity contribution >= 4 is 34.1 Å². The summed E-state index contributed by atoms with van der Waals surface area (Å²) >= 11 is 3.44. The summed E-state index contributed by atoms with van der Waals surface area (Å²) < 4.78 is 0. The van der Waals surface area contributed by atoms with Gasteiger partial charge in [0, 0.05) is 22.6 Å². The summed E-state index contributed by atoms with van der Waals surface area (Å²) in [5.41, 5.74) is 2.15. The molecule has 0 spiro atoms. The molecule has 160 valence electrons. The maximum absolute atomic E-state index is 9.83. The Labute approximate surface area is 186 Å². The highest BCUT2D eigenvalue weighted by Gasteiger charge is 2.58. The minimum atomic E-state index is 0.218. The number of oxime groups is 2. The zero-order valence-corrected chi connectivity index (χ0v) is 19.4. The maximum atomic E-state index is 9.83. The Bertz CT molecular complexity index is 912. The fourth-order valence-electron chi connectivity index (χ4n) is 7.30. The van der Waals surface area contributed by atoms with Gasteiger partial charge in [-0.05, 0) is 99.3 Å². The van der Waals surface area contributed by atoms with Crippen LogP contribution in [0.25, 0.3) is 0 Å². The highest BCUT2D eigenvalue weighted by molar-refractivity contribution is 7.14. The van der Waals surface area contributed by atoms with Crippen molar-refractivity contribution in [3.05, 3.63) is 43.8 Å². The van der Waals surface area contributed by atoms with Crippen molar-refractivity contribution in [2.75, 3.05) is 0 Å². The monoisotopic (exact) mass is 442 g/mol. The summed E-state index contributed by atoms with van der Waals surface area (Å²) in [5.74, 6) is 1.50. The summed E-state index contributed by atoms with van der Waals surface area (Å²) in [6.07, 6.45) is 9.22. The van der Waals surface area contributed by atoms with Gasteiger partial charge in [-0.25, -0.2) is 0 Å². The molecular weight excluding hydrogens is 412 g/mol. The first-order chi connectivity index (χ1) is 14.4. The lowest BCUT2D eigenvalue weighted by Crippen LogP contribution is -2.53. The normalized spacial score (nSPS) is 33.4. The molecule has 0 saturated heterocycles. The molecule has 2 aromatic rings. The van der Waals surface area contributed by atoms with Crippen molar-refractivity contribution in [1.82, 2.24) is 0 Å². The lowest BCUT2D eigenvalue weighted by Gasteiger charge is -2.62. The van der Waals surface area contributed by atoms with E-state index in [-0.39, 0.29) is 10.8 Å². The maximum Gasteiger partial charge on any atom is 0.0972 e. The molecule has 4 bridgehead atoms.